The van der Waals surface area contributed by atoms with Gasteiger partial charge in [0.25, 0.3) is 11.8 Å². The van der Waals surface area contributed by atoms with Gasteiger partial charge < -0.3 is 10.1 Å². The maximum absolute atomic E-state index is 14.2. The molecule has 12 heteroatoms. The molecule has 1 atom stereocenters. The first-order valence-electron chi connectivity index (χ1n) is 14.6. The molecule has 0 radical (unpaired) electrons. The molecule has 1 aliphatic heterocycles. The second-order valence-electron chi connectivity index (χ2n) is 10.7. The molecule has 2 amide bonds. The number of hydrogen-bond donors (Lipinski definition) is 1. The van der Waals surface area contributed by atoms with Gasteiger partial charge in [0.1, 0.15) is 11.6 Å². The van der Waals surface area contributed by atoms with E-state index in [1.807, 2.05) is 78.4 Å². The molecular formula is C34H31FN6O3S2. The molecule has 3 aromatic carbocycles. The minimum absolute atomic E-state index is 0.00217. The van der Waals surface area contributed by atoms with E-state index >= 15 is 0 Å². The number of carbonyl (C=O) groups is 2. The van der Waals surface area contributed by atoms with Crippen molar-refractivity contribution in [3.8, 4) is 11.4 Å². The summed E-state index contributed by atoms with van der Waals surface area (Å²) in [5.41, 5.74) is 4.66. The monoisotopic (exact) mass is 654 g/mol. The first-order chi connectivity index (χ1) is 22.3. The quantitative estimate of drug-likeness (QED) is 0.173. The van der Waals surface area contributed by atoms with E-state index in [0.29, 0.717) is 17.4 Å². The first kappa shape index (κ1) is 31.2. The number of rotatable bonds is 10. The number of amides is 2. The molecular weight excluding hydrogens is 624 g/mol. The number of hydrazone groups is 1. The van der Waals surface area contributed by atoms with Crippen molar-refractivity contribution in [2.75, 3.05) is 12.9 Å². The average Bonchev–Trinajstić information content (AvgIpc) is 3.84. The number of thioether (sulfide) groups is 1. The maximum Gasteiger partial charge on any atom is 0.254 e. The minimum atomic E-state index is -0.606. The van der Waals surface area contributed by atoms with Gasteiger partial charge in [0.15, 0.2) is 11.0 Å². The van der Waals surface area contributed by atoms with Crippen LogP contribution in [-0.4, -0.2) is 50.2 Å². The van der Waals surface area contributed by atoms with Crippen molar-refractivity contribution in [3.05, 3.63) is 123 Å². The Hall–Kier alpha value is -4.81. The number of nitrogens with one attached hydrogen (secondary N) is 1. The third kappa shape index (κ3) is 6.44. The fraction of sp³-hybridized carbons (Fsp3) is 0.206. The summed E-state index contributed by atoms with van der Waals surface area (Å²) < 4.78 is 21.4. The Morgan fingerprint density at radius 1 is 1.02 bits per heavy atom. The average molecular weight is 655 g/mol. The van der Waals surface area contributed by atoms with Crippen LogP contribution >= 0.6 is 23.1 Å². The van der Waals surface area contributed by atoms with Crippen LogP contribution in [0.3, 0.4) is 0 Å². The lowest BCUT2D eigenvalue weighted by Crippen LogP contribution is -2.28. The summed E-state index contributed by atoms with van der Waals surface area (Å²) in [6.07, 6.45) is 0.591. The van der Waals surface area contributed by atoms with Crippen molar-refractivity contribution >= 4 is 40.6 Å². The molecule has 0 saturated carbocycles. The van der Waals surface area contributed by atoms with Gasteiger partial charge in [-0.2, -0.15) is 5.10 Å². The van der Waals surface area contributed by atoms with E-state index in [0.717, 1.165) is 38.7 Å². The van der Waals surface area contributed by atoms with Crippen LogP contribution in [0.2, 0.25) is 0 Å². The molecule has 0 fully saturated rings. The number of halogens is 1. The molecule has 2 aromatic heterocycles. The molecule has 0 saturated heterocycles. The number of hydrogen-bond acceptors (Lipinski definition) is 8. The van der Waals surface area contributed by atoms with Crippen molar-refractivity contribution in [2.45, 2.75) is 38.0 Å². The summed E-state index contributed by atoms with van der Waals surface area (Å²) in [5, 5.41) is 20.4. The van der Waals surface area contributed by atoms with Gasteiger partial charge in [0.2, 0.25) is 0 Å². The Kier molecular flexibility index (Phi) is 9.27. The van der Waals surface area contributed by atoms with Crippen molar-refractivity contribution in [2.24, 2.45) is 5.10 Å². The molecule has 0 bridgehead atoms. The zero-order valence-electron chi connectivity index (χ0n) is 25.4. The molecule has 0 unspecified atom stereocenters. The number of aromatic nitrogens is 3. The van der Waals surface area contributed by atoms with Crippen LogP contribution in [0.15, 0.2) is 94.5 Å². The van der Waals surface area contributed by atoms with Gasteiger partial charge in [-0.1, -0.05) is 54.2 Å². The summed E-state index contributed by atoms with van der Waals surface area (Å²) in [4.78, 5) is 27.7. The Morgan fingerprint density at radius 2 is 1.83 bits per heavy atom. The maximum atomic E-state index is 14.2. The zero-order chi connectivity index (χ0) is 32.2. The van der Waals surface area contributed by atoms with E-state index in [1.165, 1.54) is 30.0 Å². The highest BCUT2D eigenvalue weighted by Crippen LogP contribution is 2.35. The predicted octanol–water partition coefficient (Wildman–Crippen LogP) is 6.49. The standard InChI is InChI=1S/C34H31FN6O3S2/c1-21-8-6-11-28(22(21)2)40-31(19-36-33(43)25-9-4-5-10-26(25)35)37-38-34(40)46-20-32(42)41-29(23-13-15-24(44-3)16-14-23)18-27(39-41)30-12-7-17-45-30/h4-17,29H,18-20H2,1-3H3,(H,36,43)/t29-/m0/s1. The molecule has 1 aliphatic rings. The lowest BCUT2D eigenvalue weighted by Gasteiger charge is -2.22. The lowest BCUT2D eigenvalue weighted by molar-refractivity contribution is -0.130. The Balaban J connectivity index is 1.26. The smallest absolute Gasteiger partial charge is 0.254 e. The lowest BCUT2D eigenvalue weighted by atomic mass is 10.0. The Labute approximate surface area is 274 Å². The van der Waals surface area contributed by atoms with Crippen LogP contribution < -0.4 is 10.1 Å². The Bertz CT molecular complexity index is 1910. The molecule has 0 aliphatic carbocycles. The van der Waals surface area contributed by atoms with E-state index in [9.17, 15) is 14.0 Å². The van der Waals surface area contributed by atoms with E-state index in [4.69, 9.17) is 9.84 Å². The van der Waals surface area contributed by atoms with E-state index in [-0.39, 0.29) is 29.8 Å². The number of ether oxygens (including phenoxy) is 1. The fourth-order valence-corrected chi connectivity index (χ4v) is 6.78. The van der Waals surface area contributed by atoms with Gasteiger partial charge in [-0.25, -0.2) is 9.40 Å². The van der Waals surface area contributed by atoms with Crippen LogP contribution in [0.5, 0.6) is 5.75 Å². The Morgan fingerprint density at radius 3 is 2.57 bits per heavy atom. The number of benzene rings is 3. The SMILES string of the molecule is COc1ccc([C@@H]2CC(c3cccs3)=NN2C(=O)CSc2nnc(CNC(=O)c3ccccc3F)n2-c2cccc(C)c2C)cc1. The highest BCUT2D eigenvalue weighted by atomic mass is 32.2. The van der Waals surface area contributed by atoms with Gasteiger partial charge in [0, 0.05) is 6.42 Å². The van der Waals surface area contributed by atoms with Gasteiger partial charge in [-0.05, 0) is 72.3 Å². The molecule has 9 nitrogen and oxygen atoms in total. The normalized spacial score (nSPS) is 14.3. The minimum Gasteiger partial charge on any atom is -0.497 e. The molecule has 5 aromatic rings. The number of nitrogens with zero attached hydrogens (tertiary/aromatic N) is 5. The molecule has 3 heterocycles. The van der Waals surface area contributed by atoms with E-state index in [2.05, 4.69) is 15.5 Å². The third-order valence-electron chi connectivity index (χ3n) is 7.84. The second kappa shape index (κ2) is 13.7. The van der Waals surface area contributed by atoms with Crippen molar-refractivity contribution < 1.29 is 18.7 Å². The second-order valence-corrected chi connectivity index (χ2v) is 12.6. The van der Waals surface area contributed by atoms with E-state index < -0.39 is 11.7 Å². The highest BCUT2D eigenvalue weighted by molar-refractivity contribution is 7.99. The zero-order valence-corrected chi connectivity index (χ0v) is 27.1. The number of methoxy groups -OCH3 is 1. The number of thiophene rings is 1. The van der Waals surface area contributed by atoms with Crippen molar-refractivity contribution in [3.63, 3.8) is 0 Å². The van der Waals surface area contributed by atoms with Gasteiger partial charge in [-0.15, -0.1) is 21.5 Å². The summed E-state index contributed by atoms with van der Waals surface area (Å²) in [6, 6.07) is 23.1. The van der Waals surface area contributed by atoms with Gasteiger partial charge in [-0.3, -0.25) is 14.2 Å². The molecule has 46 heavy (non-hydrogen) atoms. The van der Waals surface area contributed by atoms with Crippen LogP contribution in [-0.2, 0) is 11.3 Å². The van der Waals surface area contributed by atoms with Crippen molar-refractivity contribution in [1.82, 2.24) is 25.1 Å². The predicted molar refractivity (Wildman–Crippen MR) is 177 cm³/mol. The third-order valence-corrected chi connectivity index (χ3v) is 9.67. The van der Waals surface area contributed by atoms with Crippen molar-refractivity contribution in [1.29, 1.82) is 0 Å². The van der Waals surface area contributed by atoms with E-state index in [1.54, 1.807) is 29.5 Å². The van der Waals surface area contributed by atoms with Crippen LogP contribution in [0.1, 0.15) is 50.2 Å². The van der Waals surface area contributed by atoms with Crippen LogP contribution in [0, 0.1) is 19.7 Å². The topological polar surface area (TPSA) is 102 Å². The largest absolute Gasteiger partial charge is 0.497 e. The summed E-state index contributed by atoms with van der Waals surface area (Å²) in [6.45, 7) is 4.01. The van der Waals surface area contributed by atoms with Gasteiger partial charge in [0.05, 0.1) is 47.3 Å². The van der Waals surface area contributed by atoms with Crippen LogP contribution in [0.4, 0.5) is 4.39 Å². The summed E-state index contributed by atoms with van der Waals surface area (Å²) in [7, 11) is 1.62. The summed E-state index contributed by atoms with van der Waals surface area (Å²) in [5.74, 6) is -0.105. The van der Waals surface area contributed by atoms with Gasteiger partial charge >= 0.3 is 0 Å². The highest BCUT2D eigenvalue weighted by Gasteiger charge is 2.34. The summed E-state index contributed by atoms with van der Waals surface area (Å²) >= 11 is 2.84. The molecule has 0 spiro atoms. The fourth-order valence-electron chi connectivity index (χ4n) is 5.24. The first-order valence-corrected chi connectivity index (χ1v) is 16.4. The molecule has 1 N–H and O–H groups in total. The molecule has 234 valence electrons. The molecule has 6 rings (SSSR count). The number of carbonyl (C=O) groups excluding carboxylic acids is 2. The number of aryl methyl sites for hydroxylation is 1. The van der Waals surface area contributed by atoms with Crippen LogP contribution in [0.25, 0.3) is 5.69 Å².